The average molecular weight is 263 g/mol. The van der Waals surface area contributed by atoms with Crippen molar-refractivity contribution >= 4 is 0 Å². The van der Waals surface area contributed by atoms with Crippen LogP contribution >= 0.6 is 0 Å². The molecule has 0 saturated heterocycles. The quantitative estimate of drug-likeness (QED) is 0.813. The zero-order chi connectivity index (χ0) is 13.2. The number of nitrogens with two attached hydrogens (primary N) is 1. The van der Waals surface area contributed by atoms with Crippen LogP contribution in [0.1, 0.15) is 56.7 Å². The number of ether oxygens (including phenoxy) is 1. The van der Waals surface area contributed by atoms with Crippen LogP contribution in [0.5, 0.6) is 5.88 Å². The van der Waals surface area contributed by atoms with E-state index >= 15 is 0 Å². The van der Waals surface area contributed by atoms with Crippen LogP contribution in [-0.2, 0) is 0 Å². The van der Waals surface area contributed by atoms with Gasteiger partial charge in [-0.3, -0.25) is 4.79 Å². The second-order valence-corrected chi connectivity index (χ2v) is 5.70. The summed E-state index contributed by atoms with van der Waals surface area (Å²) in [6.07, 6.45) is 7.66. The number of aromatic amines is 1. The number of aromatic nitrogens is 2. The first kappa shape index (κ1) is 12.7. The molecule has 2 unspecified atom stereocenters. The summed E-state index contributed by atoms with van der Waals surface area (Å²) in [7, 11) is 0. The molecule has 0 aliphatic heterocycles. The highest BCUT2D eigenvalue weighted by molar-refractivity contribution is 5.14. The molecule has 0 radical (unpaired) electrons. The summed E-state index contributed by atoms with van der Waals surface area (Å²) < 4.78 is 5.89. The van der Waals surface area contributed by atoms with Crippen molar-refractivity contribution in [2.45, 2.75) is 63.0 Å². The van der Waals surface area contributed by atoms with Gasteiger partial charge in [0, 0.05) is 12.0 Å². The molecule has 19 heavy (non-hydrogen) atoms. The molecule has 3 N–H and O–H groups in total. The summed E-state index contributed by atoms with van der Waals surface area (Å²) >= 11 is 0. The van der Waals surface area contributed by atoms with Crippen molar-refractivity contribution in [3.63, 3.8) is 0 Å². The molecule has 2 saturated carbocycles. The van der Waals surface area contributed by atoms with Gasteiger partial charge in [0.1, 0.15) is 11.9 Å². The summed E-state index contributed by atoms with van der Waals surface area (Å²) in [5, 5.41) is 0. The standard InChI is InChI=1S/C14H21N3O2/c15-10-4-2-1-3-5-11(10)19-13-8-12(18)16-14(17-13)9-6-7-9/h8-11H,1-7,15H2,(H,16,17,18). The average Bonchev–Trinajstić information content (AvgIpc) is 3.19. The van der Waals surface area contributed by atoms with Gasteiger partial charge in [-0.05, 0) is 32.1 Å². The Hall–Kier alpha value is -1.36. The van der Waals surface area contributed by atoms with E-state index in [1.807, 2.05) is 0 Å². The minimum Gasteiger partial charge on any atom is -0.473 e. The zero-order valence-electron chi connectivity index (χ0n) is 11.1. The molecule has 0 aromatic carbocycles. The van der Waals surface area contributed by atoms with Gasteiger partial charge in [-0.25, -0.2) is 0 Å². The predicted molar refractivity (Wildman–Crippen MR) is 72.3 cm³/mol. The molecule has 1 aromatic heterocycles. The normalized spacial score (nSPS) is 27.8. The zero-order valence-corrected chi connectivity index (χ0v) is 11.1. The van der Waals surface area contributed by atoms with E-state index in [1.165, 1.54) is 12.5 Å². The van der Waals surface area contributed by atoms with E-state index < -0.39 is 0 Å². The molecule has 2 fully saturated rings. The first-order chi connectivity index (χ1) is 9.22. The fourth-order valence-electron chi connectivity index (χ4n) is 2.67. The summed E-state index contributed by atoms with van der Waals surface area (Å²) in [6.45, 7) is 0. The molecular weight excluding hydrogens is 242 g/mol. The van der Waals surface area contributed by atoms with Crippen LogP contribution in [0.2, 0.25) is 0 Å². The van der Waals surface area contributed by atoms with Gasteiger partial charge in [0.05, 0.1) is 6.07 Å². The largest absolute Gasteiger partial charge is 0.473 e. The second kappa shape index (κ2) is 5.33. The van der Waals surface area contributed by atoms with Crippen LogP contribution < -0.4 is 16.0 Å². The van der Waals surface area contributed by atoms with Gasteiger partial charge in [-0.15, -0.1) is 0 Å². The summed E-state index contributed by atoms with van der Waals surface area (Å²) in [6, 6.07) is 1.48. The molecule has 5 heteroatoms. The number of nitrogens with one attached hydrogen (secondary N) is 1. The molecule has 104 valence electrons. The lowest BCUT2D eigenvalue weighted by atomic mass is 10.1. The molecular formula is C14H21N3O2. The third-order valence-electron chi connectivity index (χ3n) is 3.98. The Bertz CT molecular complexity index is 496. The molecule has 5 nitrogen and oxygen atoms in total. The highest BCUT2D eigenvalue weighted by Crippen LogP contribution is 2.38. The Morgan fingerprint density at radius 3 is 2.79 bits per heavy atom. The SMILES string of the molecule is NC1CCCCCC1Oc1cc(=O)[nH]c(C2CC2)n1. The molecule has 2 atom stereocenters. The Morgan fingerprint density at radius 2 is 2.00 bits per heavy atom. The fourth-order valence-corrected chi connectivity index (χ4v) is 2.67. The van der Waals surface area contributed by atoms with Crippen molar-refractivity contribution < 1.29 is 4.74 Å². The van der Waals surface area contributed by atoms with Crippen molar-refractivity contribution in [3.8, 4) is 5.88 Å². The minimum atomic E-state index is -0.130. The van der Waals surface area contributed by atoms with Crippen LogP contribution in [-0.4, -0.2) is 22.1 Å². The van der Waals surface area contributed by atoms with E-state index in [1.54, 1.807) is 0 Å². The Morgan fingerprint density at radius 1 is 1.21 bits per heavy atom. The smallest absolute Gasteiger partial charge is 0.254 e. The van der Waals surface area contributed by atoms with Crippen LogP contribution in [0.15, 0.2) is 10.9 Å². The van der Waals surface area contributed by atoms with E-state index in [9.17, 15) is 4.79 Å². The number of hydrogen-bond donors (Lipinski definition) is 2. The van der Waals surface area contributed by atoms with Gasteiger partial charge >= 0.3 is 0 Å². The van der Waals surface area contributed by atoms with Crippen molar-refractivity contribution in [2.24, 2.45) is 5.73 Å². The Kier molecular flexibility index (Phi) is 3.55. The van der Waals surface area contributed by atoms with Crippen LogP contribution in [0, 0.1) is 0 Å². The van der Waals surface area contributed by atoms with E-state index in [0.29, 0.717) is 11.8 Å². The molecule has 2 aliphatic rings. The summed E-state index contributed by atoms with van der Waals surface area (Å²) in [5.74, 6) is 1.62. The third-order valence-corrected chi connectivity index (χ3v) is 3.98. The first-order valence-electron chi connectivity index (χ1n) is 7.26. The van der Waals surface area contributed by atoms with Gasteiger partial charge < -0.3 is 15.5 Å². The molecule has 2 aliphatic carbocycles. The van der Waals surface area contributed by atoms with Gasteiger partial charge in [0.25, 0.3) is 5.56 Å². The molecule has 1 aromatic rings. The number of hydrogen-bond acceptors (Lipinski definition) is 4. The van der Waals surface area contributed by atoms with Crippen LogP contribution in [0.3, 0.4) is 0 Å². The number of nitrogens with zero attached hydrogens (tertiary/aromatic N) is 1. The van der Waals surface area contributed by atoms with Crippen molar-refractivity contribution in [2.75, 3.05) is 0 Å². The van der Waals surface area contributed by atoms with Crippen molar-refractivity contribution in [1.29, 1.82) is 0 Å². The topological polar surface area (TPSA) is 81.0 Å². The summed E-state index contributed by atoms with van der Waals surface area (Å²) in [5.41, 5.74) is 6.01. The van der Waals surface area contributed by atoms with Crippen molar-refractivity contribution in [1.82, 2.24) is 9.97 Å². The predicted octanol–water partition coefficient (Wildman–Crippen LogP) is 1.69. The third kappa shape index (κ3) is 3.15. The Balaban J connectivity index is 1.76. The van der Waals surface area contributed by atoms with Crippen LogP contribution in [0.25, 0.3) is 0 Å². The lowest BCUT2D eigenvalue weighted by Gasteiger charge is -2.22. The molecule has 0 bridgehead atoms. The van der Waals surface area contributed by atoms with E-state index in [0.717, 1.165) is 44.3 Å². The van der Waals surface area contributed by atoms with Gasteiger partial charge in [-0.2, -0.15) is 4.98 Å². The van der Waals surface area contributed by atoms with Crippen LogP contribution in [0.4, 0.5) is 0 Å². The molecule has 0 spiro atoms. The van der Waals surface area contributed by atoms with E-state index in [2.05, 4.69) is 9.97 Å². The number of H-pyrrole nitrogens is 1. The maximum atomic E-state index is 11.6. The lowest BCUT2D eigenvalue weighted by Crippen LogP contribution is -2.38. The van der Waals surface area contributed by atoms with E-state index in [-0.39, 0.29) is 17.7 Å². The molecule has 0 amide bonds. The highest BCUT2D eigenvalue weighted by atomic mass is 16.5. The van der Waals surface area contributed by atoms with Gasteiger partial charge in [0.2, 0.25) is 5.88 Å². The first-order valence-corrected chi connectivity index (χ1v) is 7.26. The maximum absolute atomic E-state index is 11.6. The summed E-state index contributed by atoms with van der Waals surface area (Å²) in [4.78, 5) is 18.8. The van der Waals surface area contributed by atoms with Gasteiger partial charge in [0.15, 0.2) is 0 Å². The molecule has 1 heterocycles. The Labute approximate surface area is 112 Å². The minimum absolute atomic E-state index is 0.0103. The fraction of sp³-hybridized carbons (Fsp3) is 0.714. The number of rotatable bonds is 3. The lowest BCUT2D eigenvalue weighted by molar-refractivity contribution is 0.155. The van der Waals surface area contributed by atoms with E-state index in [4.69, 9.17) is 10.5 Å². The van der Waals surface area contributed by atoms with Crippen molar-refractivity contribution in [3.05, 3.63) is 22.2 Å². The monoisotopic (exact) mass is 263 g/mol. The highest BCUT2D eigenvalue weighted by Gasteiger charge is 2.28. The molecule has 3 rings (SSSR count). The maximum Gasteiger partial charge on any atom is 0.254 e. The second-order valence-electron chi connectivity index (χ2n) is 5.70. The van der Waals surface area contributed by atoms with Gasteiger partial charge in [-0.1, -0.05) is 12.8 Å².